The molecule has 1 saturated heterocycles. The van der Waals surface area contributed by atoms with Gasteiger partial charge in [-0.05, 0) is 44.3 Å². The van der Waals surface area contributed by atoms with Gasteiger partial charge in [0.15, 0.2) is 0 Å². The first kappa shape index (κ1) is 10.5. The molecule has 4 heteroatoms. The number of piperidine rings is 1. The minimum absolute atomic E-state index is 0.203. The molecular weight excluding hydrogens is 168 g/mol. The molecule has 3 N–H and O–H groups in total. The molecule has 13 heavy (non-hydrogen) atoms. The van der Waals surface area contributed by atoms with E-state index in [9.17, 15) is 4.79 Å². The highest BCUT2D eigenvalue weighted by Crippen LogP contribution is 2.31. The monoisotopic (exact) mass is 186 g/mol. The second-order valence-corrected chi connectivity index (χ2v) is 3.67. The molecule has 0 atom stereocenters. The number of nitrogens with two attached hydrogens (primary N) is 1. The molecule has 0 amide bonds. The molecule has 0 bridgehead atoms. The number of hydrogen-bond acceptors (Lipinski definition) is 4. The third kappa shape index (κ3) is 2.97. The minimum atomic E-state index is 0.203. The van der Waals surface area contributed by atoms with Crippen molar-refractivity contribution in [2.45, 2.75) is 19.3 Å². The Bertz CT molecular complexity index is 156. The molecule has 0 aliphatic carbocycles. The lowest BCUT2D eigenvalue weighted by Crippen LogP contribution is -2.42. The van der Waals surface area contributed by atoms with Crippen LogP contribution in [0.2, 0.25) is 0 Å². The second kappa shape index (κ2) is 5.19. The maximum absolute atomic E-state index is 9.97. The molecule has 0 saturated carbocycles. The Balaban J connectivity index is 2.33. The van der Waals surface area contributed by atoms with Crippen molar-refractivity contribution >= 4 is 6.47 Å². The summed E-state index contributed by atoms with van der Waals surface area (Å²) >= 11 is 0. The van der Waals surface area contributed by atoms with Gasteiger partial charge in [0, 0.05) is 0 Å². The van der Waals surface area contributed by atoms with Crippen LogP contribution in [-0.2, 0) is 9.53 Å². The third-order valence-electron chi connectivity index (χ3n) is 2.92. The molecular formula is C9H18N2O2. The fourth-order valence-corrected chi connectivity index (χ4v) is 1.84. The van der Waals surface area contributed by atoms with Crippen LogP contribution in [0.5, 0.6) is 0 Å². The average molecular weight is 186 g/mol. The van der Waals surface area contributed by atoms with E-state index in [4.69, 9.17) is 10.5 Å². The van der Waals surface area contributed by atoms with Gasteiger partial charge in [-0.15, -0.1) is 0 Å². The molecule has 1 fully saturated rings. The largest absolute Gasteiger partial charge is 0.468 e. The van der Waals surface area contributed by atoms with Crippen molar-refractivity contribution in [1.82, 2.24) is 5.32 Å². The Morgan fingerprint density at radius 2 is 2.15 bits per heavy atom. The lowest BCUT2D eigenvalue weighted by molar-refractivity contribution is -0.129. The standard InChI is InChI=1S/C9H18N2O2/c10-7-9(3-6-13-8-12)1-4-11-5-2-9/h8,11H,1-7,10H2. The Kier molecular flexibility index (Phi) is 4.18. The Morgan fingerprint density at radius 1 is 1.46 bits per heavy atom. The van der Waals surface area contributed by atoms with Gasteiger partial charge in [0.2, 0.25) is 0 Å². The predicted molar refractivity (Wildman–Crippen MR) is 50.2 cm³/mol. The van der Waals surface area contributed by atoms with E-state index in [1.165, 1.54) is 0 Å². The Labute approximate surface area is 78.8 Å². The topological polar surface area (TPSA) is 64.3 Å². The number of rotatable bonds is 5. The fourth-order valence-electron chi connectivity index (χ4n) is 1.84. The molecule has 4 nitrogen and oxygen atoms in total. The summed E-state index contributed by atoms with van der Waals surface area (Å²) in [7, 11) is 0. The molecule has 1 aliphatic rings. The Morgan fingerprint density at radius 3 is 2.69 bits per heavy atom. The van der Waals surface area contributed by atoms with Crippen molar-refractivity contribution < 1.29 is 9.53 Å². The highest BCUT2D eigenvalue weighted by Gasteiger charge is 2.30. The van der Waals surface area contributed by atoms with Gasteiger partial charge in [0.25, 0.3) is 6.47 Å². The molecule has 0 spiro atoms. The van der Waals surface area contributed by atoms with Crippen LogP contribution in [0.3, 0.4) is 0 Å². The van der Waals surface area contributed by atoms with Crippen molar-refractivity contribution in [3.63, 3.8) is 0 Å². The molecule has 1 rings (SSSR count). The summed E-state index contributed by atoms with van der Waals surface area (Å²) in [6.07, 6.45) is 3.07. The molecule has 0 aromatic heterocycles. The maximum atomic E-state index is 9.97. The van der Waals surface area contributed by atoms with Gasteiger partial charge >= 0.3 is 0 Å². The quantitative estimate of drug-likeness (QED) is 0.464. The van der Waals surface area contributed by atoms with Crippen molar-refractivity contribution in [3.8, 4) is 0 Å². The smallest absolute Gasteiger partial charge is 0.293 e. The summed E-state index contributed by atoms with van der Waals surface area (Å²) in [5.74, 6) is 0. The number of ether oxygens (including phenoxy) is 1. The molecule has 0 aromatic carbocycles. The summed E-state index contributed by atoms with van der Waals surface area (Å²) in [6.45, 7) is 3.75. The van der Waals surface area contributed by atoms with Crippen LogP contribution in [0, 0.1) is 5.41 Å². The van der Waals surface area contributed by atoms with Crippen LogP contribution in [0.25, 0.3) is 0 Å². The van der Waals surface area contributed by atoms with Gasteiger partial charge in [-0.3, -0.25) is 4.79 Å². The predicted octanol–water partition coefficient (Wildman–Crippen LogP) is -0.122. The first-order valence-corrected chi connectivity index (χ1v) is 4.79. The lowest BCUT2D eigenvalue weighted by Gasteiger charge is -2.36. The summed E-state index contributed by atoms with van der Waals surface area (Å²) in [6, 6.07) is 0. The average Bonchev–Trinajstić information content (AvgIpc) is 2.20. The summed E-state index contributed by atoms with van der Waals surface area (Å²) in [5.41, 5.74) is 5.95. The molecule has 76 valence electrons. The number of carbonyl (C=O) groups excluding carboxylic acids is 1. The van der Waals surface area contributed by atoms with E-state index >= 15 is 0 Å². The Hall–Kier alpha value is -0.610. The SMILES string of the molecule is NCC1(CCOC=O)CCNCC1. The highest BCUT2D eigenvalue weighted by atomic mass is 16.5. The van der Waals surface area contributed by atoms with E-state index in [1.54, 1.807) is 0 Å². The molecule has 1 aliphatic heterocycles. The summed E-state index contributed by atoms with van der Waals surface area (Å²) in [5, 5.41) is 3.30. The number of carbonyl (C=O) groups is 1. The molecule has 0 aromatic rings. The third-order valence-corrected chi connectivity index (χ3v) is 2.92. The van der Waals surface area contributed by atoms with Crippen LogP contribution in [-0.4, -0.2) is 32.7 Å². The maximum Gasteiger partial charge on any atom is 0.293 e. The zero-order chi connectivity index (χ0) is 9.57. The second-order valence-electron chi connectivity index (χ2n) is 3.67. The van der Waals surface area contributed by atoms with E-state index in [0.717, 1.165) is 32.4 Å². The normalized spacial score (nSPS) is 21.0. The molecule has 1 heterocycles. The van der Waals surface area contributed by atoms with E-state index in [2.05, 4.69) is 5.32 Å². The zero-order valence-electron chi connectivity index (χ0n) is 7.92. The molecule has 0 radical (unpaired) electrons. The zero-order valence-corrected chi connectivity index (χ0v) is 7.92. The van der Waals surface area contributed by atoms with E-state index < -0.39 is 0 Å². The number of hydrogen-bond donors (Lipinski definition) is 2. The fraction of sp³-hybridized carbons (Fsp3) is 0.889. The van der Waals surface area contributed by atoms with E-state index in [-0.39, 0.29) is 5.41 Å². The van der Waals surface area contributed by atoms with Crippen molar-refractivity contribution in [1.29, 1.82) is 0 Å². The van der Waals surface area contributed by atoms with Gasteiger partial charge in [-0.25, -0.2) is 0 Å². The lowest BCUT2D eigenvalue weighted by atomic mass is 9.76. The van der Waals surface area contributed by atoms with Crippen molar-refractivity contribution in [2.24, 2.45) is 11.1 Å². The van der Waals surface area contributed by atoms with Crippen LogP contribution >= 0.6 is 0 Å². The van der Waals surface area contributed by atoms with E-state index in [0.29, 0.717) is 19.6 Å². The molecule has 0 unspecified atom stereocenters. The minimum Gasteiger partial charge on any atom is -0.468 e. The van der Waals surface area contributed by atoms with Gasteiger partial charge in [0.05, 0.1) is 6.61 Å². The van der Waals surface area contributed by atoms with Gasteiger partial charge in [-0.1, -0.05) is 0 Å². The van der Waals surface area contributed by atoms with Crippen LogP contribution < -0.4 is 11.1 Å². The van der Waals surface area contributed by atoms with Crippen LogP contribution in [0.1, 0.15) is 19.3 Å². The van der Waals surface area contributed by atoms with Gasteiger partial charge < -0.3 is 15.8 Å². The van der Waals surface area contributed by atoms with Gasteiger partial charge in [0.1, 0.15) is 0 Å². The van der Waals surface area contributed by atoms with Gasteiger partial charge in [-0.2, -0.15) is 0 Å². The summed E-state index contributed by atoms with van der Waals surface area (Å²) in [4.78, 5) is 9.97. The van der Waals surface area contributed by atoms with Crippen LogP contribution in [0.4, 0.5) is 0 Å². The highest BCUT2D eigenvalue weighted by molar-refractivity contribution is 5.36. The van der Waals surface area contributed by atoms with E-state index in [1.807, 2.05) is 0 Å². The number of nitrogens with one attached hydrogen (secondary N) is 1. The first-order chi connectivity index (χ1) is 6.33. The van der Waals surface area contributed by atoms with Crippen LogP contribution in [0.15, 0.2) is 0 Å². The summed E-state index contributed by atoms with van der Waals surface area (Å²) < 4.78 is 4.71. The van der Waals surface area contributed by atoms with Crippen molar-refractivity contribution in [3.05, 3.63) is 0 Å². The van der Waals surface area contributed by atoms with Crippen molar-refractivity contribution in [2.75, 3.05) is 26.2 Å². The first-order valence-electron chi connectivity index (χ1n) is 4.79.